The van der Waals surface area contributed by atoms with Gasteiger partial charge in [-0.1, -0.05) is 40.2 Å². The van der Waals surface area contributed by atoms with Crippen molar-refractivity contribution < 1.29 is 9.50 Å². The maximum atomic E-state index is 13.9. The van der Waals surface area contributed by atoms with Crippen molar-refractivity contribution in [1.29, 1.82) is 0 Å². The zero-order valence-electron chi connectivity index (χ0n) is 10.6. The van der Waals surface area contributed by atoms with Gasteiger partial charge in [-0.15, -0.1) is 0 Å². The van der Waals surface area contributed by atoms with Crippen LogP contribution in [0.5, 0.6) is 0 Å². The third kappa shape index (κ3) is 3.33. The zero-order valence-corrected chi connectivity index (χ0v) is 12.2. The summed E-state index contributed by atoms with van der Waals surface area (Å²) < 4.78 is 14.9. The summed E-state index contributed by atoms with van der Waals surface area (Å²) in [7, 11) is 1.84. The van der Waals surface area contributed by atoms with E-state index in [1.165, 1.54) is 6.07 Å². The topological polar surface area (TPSA) is 23.5 Å². The molecule has 0 heterocycles. The number of benzene rings is 2. The molecule has 0 spiro atoms. The highest BCUT2D eigenvalue weighted by atomic mass is 79.9. The highest BCUT2D eigenvalue weighted by Crippen LogP contribution is 2.24. The smallest absolute Gasteiger partial charge is 0.146 e. The molecule has 0 amide bonds. The zero-order chi connectivity index (χ0) is 13.8. The highest BCUT2D eigenvalue weighted by molar-refractivity contribution is 9.10. The maximum Gasteiger partial charge on any atom is 0.146 e. The van der Waals surface area contributed by atoms with Crippen molar-refractivity contribution >= 4 is 21.6 Å². The van der Waals surface area contributed by atoms with Crippen LogP contribution in [0, 0.1) is 5.82 Å². The van der Waals surface area contributed by atoms with E-state index < -0.39 is 0 Å². The van der Waals surface area contributed by atoms with Gasteiger partial charge in [-0.2, -0.15) is 0 Å². The van der Waals surface area contributed by atoms with E-state index in [9.17, 15) is 4.39 Å². The lowest BCUT2D eigenvalue weighted by Gasteiger charge is -2.21. The van der Waals surface area contributed by atoms with Crippen molar-refractivity contribution in [3.05, 3.63) is 63.9 Å². The summed E-state index contributed by atoms with van der Waals surface area (Å²) in [6.45, 7) is 0.460. The van der Waals surface area contributed by atoms with Crippen molar-refractivity contribution in [3.63, 3.8) is 0 Å². The van der Waals surface area contributed by atoms with Crippen LogP contribution in [0.2, 0.25) is 0 Å². The van der Waals surface area contributed by atoms with E-state index in [1.807, 2.05) is 36.2 Å². The Morgan fingerprint density at radius 1 is 1.21 bits per heavy atom. The van der Waals surface area contributed by atoms with Crippen molar-refractivity contribution in [1.82, 2.24) is 0 Å². The van der Waals surface area contributed by atoms with Crippen LogP contribution in [0.25, 0.3) is 0 Å². The molecule has 0 aliphatic heterocycles. The fraction of sp³-hybridized carbons (Fsp3) is 0.200. The summed E-state index contributed by atoms with van der Waals surface area (Å²) in [6.07, 6.45) is 0. The van der Waals surface area contributed by atoms with Crippen LogP contribution in [-0.2, 0) is 13.2 Å². The lowest BCUT2D eigenvalue weighted by molar-refractivity contribution is 0.281. The molecular weight excluding hydrogens is 309 g/mol. The average molecular weight is 324 g/mol. The summed E-state index contributed by atoms with van der Waals surface area (Å²) in [5, 5.41) is 8.98. The Bertz CT molecular complexity index is 574. The number of aliphatic hydroxyl groups is 1. The fourth-order valence-electron chi connectivity index (χ4n) is 1.93. The summed E-state index contributed by atoms with van der Waals surface area (Å²) in [5.41, 5.74) is 2.19. The highest BCUT2D eigenvalue weighted by Gasteiger charge is 2.10. The molecule has 0 unspecified atom stereocenters. The van der Waals surface area contributed by atoms with Gasteiger partial charge in [-0.25, -0.2) is 4.39 Å². The molecule has 19 heavy (non-hydrogen) atoms. The number of rotatable bonds is 4. The number of nitrogens with zero attached hydrogens (tertiary/aromatic N) is 1. The molecule has 0 aliphatic carbocycles. The van der Waals surface area contributed by atoms with Gasteiger partial charge in [-0.3, -0.25) is 0 Å². The van der Waals surface area contributed by atoms with Crippen LogP contribution in [-0.4, -0.2) is 12.2 Å². The van der Waals surface area contributed by atoms with E-state index in [2.05, 4.69) is 15.9 Å². The van der Waals surface area contributed by atoms with E-state index in [0.717, 1.165) is 10.0 Å². The first-order chi connectivity index (χ1) is 9.11. The molecule has 0 saturated carbocycles. The normalized spacial score (nSPS) is 10.5. The number of anilines is 1. The van der Waals surface area contributed by atoms with Crippen molar-refractivity contribution in [3.8, 4) is 0 Å². The molecule has 0 fully saturated rings. The predicted molar refractivity (Wildman–Crippen MR) is 78.6 cm³/mol. The van der Waals surface area contributed by atoms with Crippen LogP contribution in [0.3, 0.4) is 0 Å². The maximum absolute atomic E-state index is 13.9. The molecule has 2 aromatic carbocycles. The van der Waals surface area contributed by atoms with E-state index in [4.69, 9.17) is 5.11 Å². The van der Waals surface area contributed by atoms with Gasteiger partial charge in [0.25, 0.3) is 0 Å². The molecule has 2 rings (SSSR count). The van der Waals surface area contributed by atoms with Gasteiger partial charge >= 0.3 is 0 Å². The first-order valence-corrected chi connectivity index (χ1v) is 6.75. The van der Waals surface area contributed by atoms with Crippen LogP contribution in [0.15, 0.2) is 46.9 Å². The minimum atomic E-state index is -0.318. The number of aliphatic hydroxyl groups excluding tert-OH is 1. The van der Waals surface area contributed by atoms with Crippen LogP contribution >= 0.6 is 15.9 Å². The summed E-state index contributed by atoms with van der Waals surface area (Å²) in [5.74, 6) is -0.318. The Hall–Kier alpha value is -1.39. The second-order valence-electron chi connectivity index (χ2n) is 4.39. The molecule has 0 aromatic heterocycles. The van der Waals surface area contributed by atoms with E-state index >= 15 is 0 Å². The number of hydrogen-bond acceptors (Lipinski definition) is 2. The molecule has 1 N–H and O–H groups in total. The number of hydrogen-bond donors (Lipinski definition) is 1. The molecule has 0 atom stereocenters. The minimum absolute atomic E-state index is 0.148. The first-order valence-electron chi connectivity index (χ1n) is 5.95. The molecule has 2 aromatic rings. The molecule has 0 bridgehead atoms. The number of halogens is 2. The third-order valence-electron chi connectivity index (χ3n) is 2.97. The molecule has 100 valence electrons. The van der Waals surface area contributed by atoms with Crippen LogP contribution in [0.1, 0.15) is 11.1 Å². The van der Waals surface area contributed by atoms with Gasteiger partial charge in [-0.05, 0) is 29.3 Å². The van der Waals surface area contributed by atoms with Gasteiger partial charge in [0.2, 0.25) is 0 Å². The average Bonchev–Trinajstić information content (AvgIpc) is 2.41. The van der Waals surface area contributed by atoms with Gasteiger partial charge in [0.05, 0.1) is 12.3 Å². The Kier molecular flexibility index (Phi) is 4.56. The monoisotopic (exact) mass is 323 g/mol. The molecule has 0 radical (unpaired) electrons. The Labute approximate surface area is 120 Å². The lowest BCUT2D eigenvalue weighted by atomic mass is 10.1. The summed E-state index contributed by atoms with van der Waals surface area (Å²) >= 11 is 3.49. The van der Waals surface area contributed by atoms with Crippen LogP contribution in [0.4, 0.5) is 10.1 Å². The standard InChI is InChI=1S/C15H15BrFNO/c1-18(9-12-4-2-3-5-13(12)16)15-7-6-11(10-19)8-14(15)17/h2-8,19H,9-10H2,1H3. The van der Waals surface area contributed by atoms with E-state index in [-0.39, 0.29) is 12.4 Å². The third-order valence-corrected chi connectivity index (χ3v) is 3.74. The Morgan fingerprint density at radius 2 is 1.95 bits per heavy atom. The Balaban J connectivity index is 2.21. The van der Waals surface area contributed by atoms with E-state index in [0.29, 0.717) is 17.8 Å². The van der Waals surface area contributed by atoms with Gasteiger partial charge < -0.3 is 10.0 Å². The molecule has 2 nitrogen and oxygen atoms in total. The largest absolute Gasteiger partial charge is 0.392 e. The van der Waals surface area contributed by atoms with Crippen molar-refractivity contribution in [2.24, 2.45) is 0 Å². The first kappa shape index (κ1) is 14.0. The minimum Gasteiger partial charge on any atom is -0.392 e. The van der Waals surface area contributed by atoms with E-state index in [1.54, 1.807) is 12.1 Å². The predicted octanol–water partition coefficient (Wildman–Crippen LogP) is 3.72. The van der Waals surface area contributed by atoms with Crippen LogP contribution < -0.4 is 4.90 Å². The molecule has 0 saturated heterocycles. The van der Waals surface area contributed by atoms with Crippen molar-refractivity contribution in [2.75, 3.05) is 11.9 Å². The van der Waals surface area contributed by atoms with Gasteiger partial charge in [0.1, 0.15) is 5.82 Å². The van der Waals surface area contributed by atoms with Gasteiger partial charge in [0.15, 0.2) is 0 Å². The summed E-state index contributed by atoms with van der Waals surface area (Å²) in [6, 6.07) is 12.7. The molecule has 0 aliphatic rings. The SMILES string of the molecule is CN(Cc1ccccc1Br)c1ccc(CO)cc1F. The molecular formula is C15H15BrFNO. The molecule has 4 heteroatoms. The summed E-state index contributed by atoms with van der Waals surface area (Å²) in [4.78, 5) is 1.84. The second-order valence-corrected chi connectivity index (χ2v) is 5.25. The fourth-order valence-corrected chi connectivity index (χ4v) is 2.34. The quantitative estimate of drug-likeness (QED) is 0.927. The van der Waals surface area contributed by atoms with Crippen molar-refractivity contribution in [2.45, 2.75) is 13.2 Å². The second kappa shape index (κ2) is 6.17. The Morgan fingerprint density at radius 3 is 2.58 bits per heavy atom. The van der Waals surface area contributed by atoms with Gasteiger partial charge in [0, 0.05) is 18.1 Å². The lowest BCUT2D eigenvalue weighted by Crippen LogP contribution is -2.18.